The van der Waals surface area contributed by atoms with E-state index in [1.165, 1.54) is 0 Å². The predicted octanol–water partition coefficient (Wildman–Crippen LogP) is 4.69. The van der Waals surface area contributed by atoms with Gasteiger partial charge in [-0.25, -0.2) is 0 Å². The van der Waals surface area contributed by atoms with E-state index in [4.69, 9.17) is 0 Å². The van der Waals surface area contributed by atoms with Crippen LogP contribution in [0.1, 0.15) is 34.6 Å². The number of carbonyl (C=O) groups is 1. The molecule has 5 heteroatoms. The molecule has 3 nitrogen and oxygen atoms in total. The highest BCUT2D eigenvalue weighted by Gasteiger charge is 2.10. The first-order valence-electron chi connectivity index (χ1n) is 6.47. The van der Waals surface area contributed by atoms with Crippen LogP contribution in [0, 0.1) is 13.8 Å². The second-order valence-corrected chi connectivity index (χ2v) is 6.45. The highest BCUT2D eigenvalue weighted by Crippen LogP contribution is 2.20. The zero-order chi connectivity index (χ0) is 14.7. The van der Waals surface area contributed by atoms with Gasteiger partial charge in [-0.2, -0.15) is 5.10 Å². The monoisotopic (exact) mass is 398 g/mol. The van der Waals surface area contributed by atoms with Crippen LogP contribution in [0.5, 0.6) is 0 Å². The highest BCUT2D eigenvalue weighted by molar-refractivity contribution is 9.10. The largest absolute Gasteiger partial charge is 0.294 e. The van der Waals surface area contributed by atoms with Crippen molar-refractivity contribution in [3.63, 3.8) is 0 Å². The lowest BCUT2D eigenvalue weighted by atomic mass is 10.1. The highest BCUT2D eigenvalue weighted by atomic mass is 79.9. The van der Waals surface area contributed by atoms with Crippen LogP contribution in [-0.2, 0) is 6.54 Å². The molecule has 106 valence electrons. The molecular weight excluding hydrogens is 384 g/mol. The Balaban J connectivity index is 1.91. The van der Waals surface area contributed by atoms with Crippen molar-refractivity contribution < 1.29 is 4.79 Å². The number of benzene rings is 1. The summed E-state index contributed by atoms with van der Waals surface area (Å²) in [6, 6.07) is 7.50. The maximum Gasteiger partial charge on any atom is 0.162 e. The van der Waals surface area contributed by atoms with E-state index < -0.39 is 0 Å². The Kier molecular flexibility index (Phi) is 5.16. The van der Waals surface area contributed by atoms with Gasteiger partial charge in [0, 0.05) is 28.7 Å². The van der Waals surface area contributed by atoms with Gasteiger partial charge in [0.2, 0.25) is 0 Å². The molecule has 0 fully saturated rings. The Morgan fingerprint density at radius 2 is 1.85 bits per heavy atom. The number of aromatic nitrogens is 2. The van der Waals surface area contributed by atoms with E-state index in [9.17, 15) is 4.79 Å². The summed E-state index contributed by atoms with van der Waals surface area (Å²) in [7, 11) is 0. The van der Waals surface area contributed by atoms with Gasteiger partial charge < -0.3 is 0 Å². The van der Waals surface area contributed by atoms with Crippen LogP contribution >= 0.6 is 31.9 Å². The lowest BCUT2D eigenvalue weighted by molar-refractivity contribution is 0.0978. The molecule has 0 amide bonds. The van der Waals surface area contributed by atoms with Gasteiger partial charge in [-0.05, 0) is 48.3 Å². The van der Waals surface area contributed by atoms with Crippen molar-refractivity contribution in [2.75, 3.05) is 0 Å². The van der Waals surface area contributed by atoms with Gasteiger partial charge in [0.25, 0.3) is 0 Å². The summed E-state index contributed by atoms with van der Waals surface area (Å²) in [5.41, 5.74) is 2.86. The van der Waals surface area contributed by atoms with E-state index in [1.54, 1.807) is 0 Å². The lowest BCUT2D eigenvalue weighted by Gasteiger charge is -2.04. The molecule has 0 aliphatic rings. The molecule has 0 saturated heterocycles. The first-order chi connectivity index (χ1) is 9.49. The van der Waals surface area contributed by atoms with Gasteiger partial charge in [-0.15, -0.1) is 0 Å². The number of ketones is 1. The molecule has 0 radical (unpaired) electrons. The molecule has 2 rings (SSSR count). The number of hydrogen-bond donors (Lipinski definition) is 0. The quantitative estimate of drug-likeness (QED) is 0.683. The number of halogens is 2. The molecule has 0 atom stereocenters. The number of Topliss-reactive ketones (excluding diaryl/α,β-unsaturated/α-hetero) is 1. The Morgan fingerprint density at radius 1 is 1.20 bits per heavy atom. The van der Waals surface area contributed by atoms with Gasteiger partial charge in [0.15, 0.2) is 5.78 Å². The second kappa shape index (κ2) is 6.68. The van der Waals surface area contributed by atoms with Crippen molar-refractivity contribution in [3.05, 3.63) is 50.2 Å². The molecule has 0 spiro atoms. The minimum absolute atomic E-state index is 0.179. The van der Waals surface area contributed by atoms with Crippen molar-refractivity contribution in [2.45, 2.75) is 33.2 Å². The van der Waals surface area contributed by atoms with Crippen LogP contribution in [0.15, 0.2) is 33.2 Å². The van der Waals surface area contributed by atoms with Gasteiger partial charge in [0.1, 0.15) is 0 Å². The predicted molar refractivity (Wildman–Crippen MR) is 87.1 cm³/mol. The van der Waals surface area contributed by atoms with E-state index in [0.29, 0.717) is 6.42 Å². The van der Waals surface area contributed by atoms with Gasteiger partial charge in [-0.1, -0.05) is 28.1 Å². The van der Waals surface area contributed by atoms with E-state index in [2.05, 4.69) is 37.0 Å². The van der Waals surface area contributed by atoms with Crippen molar-refractivity contribution in [1.82, 2.24) is 9.78 Å². The molecule has 0 aliphatic heterocycles. The molecule has 0 unspecified atom stereocenters. The van der Waals surface area contributed by atoms with E-state index >= 15 is 0 Å². The van der Waals surface area contributed by atoms with Gasteiger partial charge >= 0.3 is 0 Å². The summed E-state index contributed by atoms with van der Waals surface area (Å²) in [6.07, 6.45) is 1.33. The number of nitrogens with zero attached hydrogens (tertiary/aromatic N) is 2. The lowest BCUT2D eigenvalue weighted by Crippen LogP contribution is -2.06. The van der Waals surface area contributed by atoms with Crippen LogP contribution in [-0.4, -0.2) is 15.6 Å². The summed E-state index contributed by atoms with van der Waals surface area (Å²) < 4.78 is 3.99. The van der Waals surface area contributed by atoms with Crippen molar-refractivity contribution in [3.8, 4) is 0 Å². The average Bonchev–Trinajstić information content (AvgIpc) is 2.67. The van der Waals surface area contributed by atoms with Crippen molar-refractivity contribution in [2.24, 2.45) is 0 Å². The fraction of sp³-hybridized carbons (Fsp3) is 0.333. The molecule has 1 aromatic carbocycles. The summed E-state index contributed by atoms with van der Waals surface area (Å²) in [4.78, 5) is 12.0. The smallest absolute Gasteiger partial charge is 0.162 e. The summed E-state index contributed by atoms with van der Waals surface area (Å²) in [5.74, 6) is 0.179. The van der Waals surface area contributed by atoms with Crippen molar-refractivity contribution in [1.29, 1.82) is 0 Å². The Morgan fingerprint density at radius 3 is 2.40 bits per heavy atom. The summed E-state index contributed by atoms with van der Waals surface area (Å²) in [5, 5.41) is 4.44. The van der Waals surface area contributed by atoms with Crippen LogP contribution < -0.4 is 0 Å². The molecule has 1 heterocycles. The third-order valence-corrected chi connectivity index (χ3v) is 4.91. The summed E-state index contributed by atoms with van der Waals surface area (Å²) >= 11 is 6.88. The number of carbonyl (C=O) groups excluding carboxylic acids is 1. The number of hydrogen-bond acceptors (Lipinski definition) is 2. The van der Waals surface area contributed by atoms with Crippen molar-refractivity contribution >= 4 is 37.6 Å². The Labute approximate surface area is 135 Å². The number of aryl methyl sites for hydroxylation is 2. The molecule has 1 aromatic heterocycles. The zero-order valence-electron chi connectivity index (χ0n) is 11.5. The van der Waals surface area contributed by atoms with Crippen LogP contribution in [0.25, 0.3) is 0 Å². The zero-order valence-corrected chi connectivity index (χ0v) is 14.7. The van der Waals surface area contributed by atoms with Crippen LogP contribution in [0.3, 0.4) is 0 Å². The molecule has 0 saturated carbocycles. The van der Waals surface area contributed by atoms with Gasteiger partial charge in [-0.3, -0.25) is 9.48 Å². The first kappa shape index (κ1) is 15.4. The minimum atomic E-state index is 0.179. The van der Waals surface area contributed by atoms with Gasteiger partial charge in [0.05, 0.1) is 10.2 Å². The standard InChI is InChI=1S/C15H16Br2N2O/c1-10-15(17)11(2)19(18-10)9-3-4-14(20)12-5-7-13(16)8-6-12/h5-8H,3-4,9H2,1-2H3. The van der Waals surface area contributed by atoms with Crippen LogP contribution in [0.2, 0.25) is 0 Å². The molecule has 20 heavy (non-hydrogen) atoms. The molecule has 0 aliphatic carbocycles. The second-order valence-electron chi connectivity index (χ2n) is 4.74. The first-order valence-corrected chi connectivity index (χ1v) is 8.06. The van der Waals surface area contributed by atoms with E-state index in [1.807, 2.05) is 42.8 Å². The SMILES string of the molecule is Cc1nn(CCCC(=O)c2ccc(Br)cc2)c(C)c1Br. The van der Waals surface area contributed by atoms with E-state index in [0.717, 1.165) is 38.9 Å². The molecular formula is C15H16Br2N2O. The minimum Gasteiger partial charge on any atom is -0.294 e. The third kappa shape index (κ3) is 3.58. The number of rotatable bonds is 5. The Hall–Kier alpha value is -0.940. The van der Waals surface area contributed by atoms with E-state index in [-0.39, 0.29) is 5.78 Å². The van der Waals surface area contributed by atoms with Crippen LogP contribution in [0.4, 0.5) is 0 Å². The summed E-state index contributed by atoms with van der Waals surface area (Å²) in [6.45, 7) is 4.77. The fourth-order valence-electron chi connectivity index (χ4n) is 2.06. The normalized spacial score (nSPS) is 10.8. The molecule has 0 bridgehead atoms. The third-order valence-electron chi connectivity index (χ3n) is 3.23. The average molecular weight is 400 g/mol. The maximum atomic E-state index is 12.0. The molecule has 2 aromatic rings. The maximum absolute atomic E-state index is 12.0. The Bertz CT molecular complexity index is 618. The fourth-order valence-corrected chi connectivity index (χ4v) is 2.61. The molecule has 0 N–H and O–H groups in total. The topological polar surface area (TPSA) is 34.9 Å².